The predicted octanol–water partition coefficient (Wildman–Crippen LogP) is 3.16. The van der Waals surface area contributed by atoms with Gasteiger partial charge in [0.15, 0.2) is 6.29 Å². The fourth-order valence-electron chi connectivity index (χ4n) is 0.910. The van der Waals surface area contributed by atoms with Gasteiger partial charge in [-0.2, -0.15) is 0 Å². The molecule has 1 aromatic rings. The first-order chi connectivity index (χ1) is 6.49. The van der Waals surface area contributed by atoms with Gasteiger partial charge in [0.05, 0.1) is 26.2 Å². The van der Waals surface area contributed by atoms with E-state index < -0.39 is 5.97 Å². The molecule has 0 heterocycles. The van der Waals surface area contributed by atoms with Crippen molar-refractivity contribution < 1.29 is 14.7 Å². The Bertz CT molecular complexity index is 415. The predicted molar refractivity (Wildman–Crippen MR) is 53.8 cm³/mol. The van der Waals surface area contributed by atoms with Gasteiger partial charge in [-0.05, 0) is 6.07 Å². The molecular weight excluding hydrogens is 250 g/mol. The van der Waals surface area contributed by atoms with Crippen LogP contribution in [0.3, 0.4) is 0 Å². The molecule has 1 rings (SSSR count). The highest BCUT2D eigenvalue weighted by Gasteiger charge is 2.19. The third-order valence-corrected chi connectivity index (χ3v) is 2.54. The van der Waals surface area contributed by atoms with Gasteiger partial charge in [0.2, 0.25) is 0 Å². The Balaban J connectivity index is 3.60. The Morgan fingerprint density at radius 1 is 1.29 bits per heavy atom. The quantitative estimate of drug-likeness (QED) is 0.824. The molecule has 1 aromatic carbocycles. The summed E-state index contributed by atoms with van der Waals surface area (Å²) in [5, 5.41) is 8.41. The van der Waals surface area contributed by atoms with Crippen LogP contribution in [0.15, 0.2) is 6.07 Å². The number of aromatic carboxylic acids is 1. The van der Waals surface area contributed by atoms with E-state index in [1.165, 1.54) is 6.07 Å². The molecule has 0 spiro atoms. The van der Waals surface area contributed by atoms with E-state index in [1.54, 1.807) is 0 Å². The number of rotatable bonds is 2. The van der Waals surface area contributed by atoms with Crippen molar-refractivity contribution in [2.45, 2.75) is 0 Å². The third-order valence-electron chi connectivity index (χ3n) is 1.54. The number of benzene rings is 1. The van der Waals surface area contributed by atoms with Crippen molar-refractivity contribution in [3.05, 3.63) is 32.3 Å². The van der Waals surface area contributed by atoms with Crippen molar-refractivity contribution in [3.8, 4) is 0 Å². The zero-order valence-corrected chi connectivity index (χ0v) is 8.82. The SMILES string of the molecule is O=Cc1c(Cl)cc(Cl)c(C(=O)O)c1Cl. The minimum Gasteiger partial charge on any atom is -0.478 e. The fraction of sp³-hybridized carbons (Fsp3) is 0. The summed E-state index contributed by atoms with van der Waals surface area (Å²) in [5.74, 6) is -1.31. The molecule has 6 heteroatoms. The highest BCUT2D eigenvalue weighted by Crippen LogP contribution is 2.32. The smallest absolute Gasteiger partial charge is 0.338 e. The topological polar surface area (TPSA) is 54.4 Å². The molecule has 0 saturated heterocycles. The van der Waals surface area contributed by atoms with E-state index in [2.05, 4.69) is 0 Å². The number of halogens is 3. The van der Waals surface area contributed by atoms with Gasteiger partial charge in [0.25, 0.3) is 0 Å². The first kappa shape index (κ1) is 11.3. The molecule has 0 amide bonds. The molecular formula is C8H3Cl3O3. The molecule has 0 radical (unpaired) electrons. The minimum atomic E-state index is -1.31. The van der Waals surface area contributed by atoms with Gasteiger partial charge in [-0.1, -0.05) is 34.8 Å². The van der Waals surface area contributed by atoms with E-state index >= 15 is 0 Å². The maximum Gasteiger partial charge on any atom is 0.338 e. The van der Waals surface area contributed by atoms with Crippen LogP contribution in [0.4, 0.5) is 0 Å². The van der Waals surface area contributed by atoms with Crippen LogP contribution in [-0.2, 0) is 0 Å². The van der Waals surface area contributed by atoms with Gasteiger partial charge in [-0.25, -0.2) is 4.79 Å². The molecule has 0 unspecified atom stereocenters. The maximum absolute atomic E-state index is 10.7. The van der Waals surface area contributed by atoms with Crippen LogP contribution in [0.5, 0.6) is 0 Å². The van der Waals surface area contributed by atoms with Gasteiger partial charge in [0, 0.05) is 0 Å². The number of aldehydes is 1. The van der Waals surface area contributed by atoms with Crippen molar-refractivity contribution >= 4 is 47.1 Å². The normalized spacial score (nSPS) is 9.93. The Labute approximate surface area is 94.2 Å². The largest absolute Gasteiger partial charge is 0.478 e. The molecule has 0 saturated carbocycles. The van der Waals surface area contributed by atoms with Gasteiger partial charge in [-0.3, -0.25) is 4.79 Å². The van der Waals surface area contributed by atoms with Crippen molar-refractivity contribution in [2.75, 3.05) is 0 Å². The molecule has 0 aliphatic rings. The zero-order valence-electron chi connectivity index (χ0n) is 6.55. The van der Waals surface area contributed by atoms with Crippen LogP contribution in [-0.4, -0.2) is 17.4 Å². The number of carbonyl (C=O) groups excluding carboxylic acids is 1. The highest BCUT2D eigenvalue weighted by molar-refractivity contribution is 6.44. The van der Waals surface area contributed by atoms with E-state index in [0.29, 0.717) is 6.29 Å². The van der Waals surface area contributed by atoms with Crippen molar-refractivity contribution in [3.63, 3.8) is 0 Å². The van der Waals surface area contributed by atoms with E-state index in [4.69, 9.17) is 39.9 Å². The maximum atomic E-state index is 10.7. The van der Waals surface area contributed by atoms with Crippen LogP contribution in [0, 0.1) is 0 Å². The Kier molecular flexibility index (Phi) is 3.37. The Hall–Kier alpha value is -0.770. The molecule has 0 fully saturated rings. The number of carbonyl (C=O) groups is 2. The average molecular weight is 253 g/mol. The first-order valence-electron chi connectivity index (χ1n) is 3.35. The molecule has 0 aliphatic carbocycles. The number of carboxylic acid groups (broad SMARTS) is 1. The van der Waals surface area contributed by atoms with Crippen molar-refractivity contribution in [1.82, 2.24) is 0 Å². The molecule has 3 nitrogen and oxygen atoms in total. The van der Waals surface area contributed by atoms with E-state index in [0.717, 1.165) is 0 Å². The van der Waals surface area contributed by atoms with Gasteiger partial charge in [-0.15, -0.1) is 0 Å². The van der Waals surface area contributed by atoms with Crippen LogP contribution >= 0.6 is 34.8 Å². The summed E-state index contributed by atoms with van der Waals surface area (Å²) in [4.78, 5) is 21.2. The number of hydrogen-bond donors (Lipinski definition) is 1. The zero-order chi connectivity index (χ0) is 10.9. The molecule has 74 valence electrons. The summed E-state index contributed by atoms with van der Waals surface area (Å²) in [6.07, 6.45) is 0.382. The van der Waals surface area contributed by atoms with Crippen LogP contribution in [0.25, 0.3) is 0 Å². The van der Waals surface area contributed by atoms with Gasteiger partial charge >= 0.3 is 5.97 Å². The molecule has 1 N–H and O–H groups in total. The second-order valence-electron chi connectivity index (χ2n) is 2.37. The summed E-state index contributed by atoms with van der Waals surface area (Å²) in [5.41, 5.74) is -0.394. The van der Waals surface area contributed by atoms with Crippen LogP contribution in [0.1, 0.15) is 20.7 Å². The molecule has 0 aliphatic heterocycles. The van der Waals surface area contributed by atoms with Gasteiger partial charge < -0.3 is 5.11 Å². The summed E-state index contributed by atoms with van der Waals surface area (Å²) >= 11 is 16.8. The lowest BCUT2D eigenvalue weighted by Gasteiger charge is -2.05. The van der Waals surface area contributed by atoms with E-state index in [1.807, 2.05) is 0 Å². The molecule has 0 aromatic heterocycles. The standard InChI is InChI=1S/C8H3Cl3O3/c9-4-1-5(10)6(8(13)14)7(11)3(4)2-12/h1-2H,(H,13,14). The second kappa shape index (κ2) is 4.17. The Morgan fingerprint density at radius 2 is 1.86 bits per heavy atom. The lowest BCUT2D eigenvalue weighted by atomic mass is 10.1. The summed E-state index contributed by atoms with van der Waals surface area (Å²) in [7, 11) is 0. The summed E-state index contributed by atoms with van der Waals surface area (Å²) in [6.45, 7) is 0. The highest BCUT2D eigenvalue weighted by atomic mass is 35.5. The number of carboxylic acids is 1. The monoisotopic (exact) mass is 252 g/mol. The van der Waals surface area contributed by atoms with E-state index in [-0.39, 0.29) is 26.2 Å². The Morgan fingerprint density at radius 3 is 2.29 bits per heavy atom. The van der Waals surface area contributed by atoms with Crippen molar-refractivity contribution in [1.29, 1.82) is 0 Å². The fourth-order valence-corrected chi connectivity index (χ4v) is 1.92. The lowest BCUT2D eigenvalue weighted by molar-refractivity contribution is 0.0697. The van der Waals surface area contributed by atoms with Crippen molar-refractivity contribution in [2.24, 2.45) is 0 Å². The average Bonchev–Trinajstić information content (AvgIpc) is 2.02. The van der Waals surface area contributed by atoms with Crippen LogP contribution < -0.4 is 0 Å². The van der Waals surface area contributed by atoms with Crippen LogP contribution in [0.2, 0.25) is 15.1 Å². The minimum absolute atomic E-state index is 0.0278. The molecule has 14 heavy (non-hydrogen) atoms. The molecule has 0 atom stereocenters. The summed E-state index contributed by atoms with van der Waals surface area (Å²) in [6, 6.07) is 1.17. The molecule has 0 bridgehead atoms. The number of hydrogen-bond acceptors (Lipinski definition) is 2. The van der Waals surface area contributed by atoms with E-state index in [9.17, 15) is 9.59 Å². The lowest BCUT2D eigenvalue weighted by Crippen LogP contribution is -2.01. The summed E-state index contributed by atoms with van der Waals surface area (Å²) < 4.78 is 0. The third kappa shape index (κ3) is 1.85. The second-order valence-corrected chi connectivity index (χ2v) is 3.56. The van der Waals surface area contributed by atoms with Gasteiger partial charge in [0.1, 0.15) is 0 Å². The first-order valence-corrected chi connectivity index (χ1v) is 4.48.